The van der Waals surface area contributed by atoms with Gasteiger partial charge in [-0.1, -0.05) is 6.07 Å². The van der Waals surface area contributed by atoms with Crippen LogP contribution in [0.5, 0.6) is 0 Å². The third kappa shape index (κ3) is 1.82. The molecule has 0 saturated heterocycles. The van der Waals surface area contributed by atoms with Crippen molar-refractivity contribution < 1.29 is 4.79 Å². The minimum Gasteiger partial charge on any atom is -0.366 e. The van der Waals surface area contributed by atoms with Crippen molar-refractivity contribution >= 4 is 18.3 Å². The van der Waals surface area contributed by atoms with Crippen LogP contribution in [0.3, 0.4) is 0 Å². The minimum atomic E-state index is -0.357. The van der Waals surface area contributed by atoms with Crippen molar-refractivity contribution in [2.45, 2.75) is 13.1 Å². The first kappa shape index (κ1) is 10.0. The summed E-state index contributed by atoms with van der Waals surface area (Å²) in [5.74, 6) is -0.357. The number of nitrogens with one attached hydrogen (secondary N) is 1. The Labute approximate surface area is 82.7 Å². The largest absolute Gasteiger partial charge is 0.366 e. The van der Waals surface area contributed by atoms with Gasteiger partial charge in [0.1, 0.15) is 0 Å². The molecular weight excluding hydrogens is 188 g/mol. The lowest BCUT2D eigenvalue weighted by atomic mass is 10.1. The maximum absolute atomic E-state index is 10.8. The molecule has 1 heterocycles. The molecule has 0 aliphatic carbocycles. The lowest BCUT2D eigenvalue weighted by Gasteiger charge is -1.99. The van der Waals surface area contributed by atoms with Gasteiger partial charge in [0, 0.05) is 18.7 Å². The van der Waals surface area contributed by atoms with E-state index in [0.717, 1.165) is 13.1 Å². The first-order valence-corrected chi connectivity index (χ1v) is 3.90. The normalized spacial score (nSPS) is 13.2. The molecule has 1 aliphatic heterocycles. The smallest absolute Gasteiger partial charge is 0.248 e. The van der Waals surface area contributed by atoms with E-state index in [2.05, 4.69) is 5.32 Å². The molecule has 1 aliphatic rings. The van der Waals surface area contributed by atoms with Crippen LogP contribution in [0, 0.1) is 0 Å². The van der Waals surface area contributed by atoms with Crippen molar-refractivity contribution in [3.8, 4) is 0 Å². The van der Waals surface area contributed by atoms with Gasteiger partial charge in [-0.3, -0.25) is 4.79 Å². The molecular formula is C9H11ClN2O. The molecule has 3 nitrogen and oxygen atoms in total. The van der Waals surface area contributed by atoms with Crippen molar-refractivity contribution in [3.63, 3.8) is 0 Å². The summed E-state index contributed by atoms with van der Waals surface area (Å²) in [6.45, 7) is 1.74. The lowest BCUT2D eigenvalue weighted by molar-refractivity contribution is 0.1000. The average molecular weight is 199 g/mol. The molecule has 0 bridgehead atoms. The van der Waals surface area contributed by atoms with Crippen LogP contribution in [0.1, 0.15) is 21.5 Å². The van der Waals surface area contributed by atoms with Gasteiger partial charge in [-0.2, -0.15) is 0 Å². The van der Waals surface area contributed by atoms with Gasteiger partial charge in [0.25, 0.3) is 0 Å². The number of benzene rings is 1. The highest BCUT2D eigenvalue weighted by Gasteiger charge is 2.11. The molecule has 0 saturated carbocycles. The van der Waals surface area contributed by atoms with E-state index in [1.54, 1.807) is 6.07 Å². The molecule has 0 fully saturated rings. The number of amides is 1. The predicted octanol–water partition coefficient (Wildman–Crippen LogP) is 0.811. The number of carbonyl (C=O) groups excluding carboxylic acids is 1. The molecule has 4 heteroatoms. The Hall–Kier alpha value is -1.06. The lowest BCUT2D eigenvalue weighted by Crippen LogP contribution is -2.11. The molecule has 0 unspecified atom stereocenters. The SMILES string of the molecule is Cl.NC(=O)c1ccc2c(c1)CNC2. The number of primary amides is 1. The van der Waals surface area contributed by atoms with E-state index in [9.17, 15) is 4.79 Å². The number of rotatable bonds is 1. The molecule has 2 rings (SSSR count). The standard InChI is InChI=1S/C9H10N2O.ClH/c10-9(12)6-1-2-7-4-11-5-8(7)3-6;/h1-3,11H,4-5H2,(H2,10,12);1H. The highest BCUT2D eigenvalue weighted by atomic mass is 35.5. The molecule has 0 spiro atoms. The second-order valence-corrected chi connectivity index (χ2v) is 2.95. The molecule has 70 valence electrons. The summed E-state index contributed by atoms with van der Waals surface area (Å²) in [5, 5.41) is 3.20. The predicted molar refractivity (Wildman–Crippen MR) is 52.8 cm³/mol. The van der Waals surface area contributed by atoms with Crippen LogP contribution in [0.25, 0.3) is 0 Å². The quantitative estimate of drug-likeness (QED) is 0.702. The van der Waals surface area contributed by atoms with Crippen molar-refractivity contribution in [1.82, 2.24) is 5.32 Å². The Morgan fingerprint density at radius 2 is 2.00 bits per heavy atom. The molecule has 0 atom stereocenters. The molecule has 13 heavy (non-hydrogen) atoms. The Morgan fingerprint density at radius 3 is 2.69 bits per heavy atom. The van der Waals surface area contributed by atoms with E-state index in [4.69, 9.17) is 5.73 Å². The maximum atomic E-state index is 10.8. The van der Waals surface area contributed by atoms with Gasteiger partial charge in [0.2, 0.25) is 5.91 Å². The van der Waals surface area contributed by atoms with Gasteiger partial charge in [-0.15, -0.1) is 12.4 Å². The number of fused-ring (bicyclic) bond motifs is 1. The fraction of sp³-hybridized carbons (Fsp3) is 0.222. The highest BCUT2D eigenvalue weighted by Crippen LogP contribution is 2.16. The van der Waals surface area contributed by atoms with E-state index < -0.39 is 0 Å². The minimum absolute atomic E-state index is 0. The van der Waals surface area contributed by atoms with Gasteiger partial charge in [-0.25, -0.2) is 0 Å². The first-order chi connectivity index (χ1) is 5.77. The zero-order valence-corrected chi connectivity index (χ0v) is 7.86. The van der Waals surface area contributed by atoms with E-state index in [0.29, 0.717) is 5.56 Å². The Balaban J connectivity index is 0.000000845. The summed E-state index contributed by atoms with van der Waals surface area (Å²) >= 11 is 0. The van der Waals surface area contributed by atoms with Gasteiger partial charge in [0.05, 0.1) is 0 Å². The fourth-order valence-electron chi connectivity index (χ4n) is 1.45. The van der Waals surface area contributed by atoms with Crippen molar-refractivity contribution in [2.75, 3.05) is 0 Å². The van der Waals surface area contributed by atoms with Crippen LogP contribution in [0.15, 0.2) is 18.2 Å². The Bertz CT molecular complexity index is 338. The fourth-order valence-corrected chi connectivity index (χ4v) is 1.45. The van der Waals surface area contributed by atoms with Gasteiger partial charge in [-0.05, 0) is 23.3 Å². The second-order valence-electron chi connectivity index (χ2n) is 2.95. The summed E-state index contributed by atoms with van der Waals surface area (Å²) < 4.78 is 0. The van der Waals surface area contributed by atoms with E-state index in [-0.39, 0.29) is 18.3 Å². The highest BCUT2D eigenvalue weighted by molar-refractivity contribution is 5.93. The summed E-state index contributed by atoms with van der Waals surface area (Å²) in [4.78, 5) is 10.8. The van der Waals surface area contributed by atoms with E-state index in [1.165, 1.54) is 11.1 Å². The number of hydrogen-bond donors (Lipinski definition) is 2. The summed E-state index contributed by atoms with van der Waals surface area (Å²) in [7, 11) is 0. The van der Waals surface area contributed by atoms with Crippen molar-refractivity contribution in [1.29, 1.82) is 0 Å². The van der Waals surface area contributed by atoms with Crippen LogP contribution in [0.4, 0.5) is 0 Å². The van der Waals surface area contributed by atoms with Crippen LogP contribution >= 0.6 is 12.4 Å². The summed E-state index contributed by atoms with van der Waals surface area (Å²) in [6.07, 6.45) is 0. The van der Waals surface area contributed by atoms with E-state index in [1.807, 2.05) is 12.1 Å². The van der Waals surface area contributed by atoms with Crippen molar-refractivity contribution in [3.05, 3.63) is 34.9 Å². The van der Waals surface area contributed by atoms with Gasteiger partial charge < -0.3 is 11.1 Å². The third-order valence-corrected chi connectivity index (χ3v) is 2.12. The van der Waals surface area contributed by atoms with Crippen molar-refractivity contribution in [2.24, 2.45) is 5.73 Å². The number of carbonyl (C=O) groups is 1. The number of hydrogen-bond acceptors (Lipinski definition) is 2. The Kier molecular flexibility index (Phi) is 2.90. The molecule has 3 N–H and O–H groups in total. The average Bonchev–Trinajstić information content (AvgIpc) is 2.49. The van der Waals surface area contributed by atoms with E-state index >= 15 is 0 Å². The van der Waals surface area contributed by atoms with Gasteiger partial charge >= 0.3 is 0 Å². The number of halogens is 1. The second kappa shape index (κ2) is 3.77. The zero-order chi connectivity index (χ0) is 8.55. The van der Waals surface area contributed by atoms with Gasteiger partial charge in [0.15, 0.2) is 0 Å². The van der Waals surface area contributed by atoms with Crippen LogP contribution in [0.2, 0.25) is 0 Å². The monoisotopic (exact) mass is 198 g/mol. The van der Waals surface area contributed by atoms with Crippen LogP contribution in [-0.2, 0) is 13.1 Å². The van der Waals surface area contributed by atoms with Crippen LogP contribution < -0.4 is 11.1 Å². The summed E-state index contributed by atoms with van der Waals surface area (Å²) in [6, 6.07) is 5.58. The zero-order valence-electron chi connectivity index (χ0n) is 7.04. The summed E-state index contributed by atoms with van der Waals surface area (Å²) in [5.41, 5.74) is 8.19. The molecule has 0 aromatic heterocycles. The third-order valence-electron chi connectivity index (χ3n) is 2.12. The van der Waals surface area contributed by atoms with Crippen LogP contribution in [-0.4, -0.2) is 5.91 Å². The first-order valence-electron chi connectivity index (χ1n) is 3.90. The molecule has 1 amide bonds. The maximum Gasteiger partial charge on any atom is 0.248 e. The molecule has 1 aromatic carbocycles. The Morgan fingerprint density at radius 1 is 1.31 bits per heavy atom. The number of nitrogens with two attached hydrogens (primary N) is 1. The molecule has 0 radical (unpaired) electrons. The molecule has 1 aromatic rings. The topological polar surface area (TPSA) is 55.1 Å².